The van der Waals surface area contributed by atoms with Crippen LogP contribution in [0.1, 0.15) is 12.8 Å². The lowest BCUT2D eigenvalue weighted by Gasteiger charge is -2.20. The summed E-state index contributed by atoms with van der Waals surface area (Å²) in [5.74, 6) is -1.66. The molecule has 0 N–H and O–H groups in total. The van der Waals surface area contributed by atoms with Crippen molar-refractivity contribution in [2.45, 2.75) is 12.8 Å². The molecule has 1 heterocycles. The van der Waals surface area contributed by atoms with Crippen LogP contribution >= 0.6 is 0 Å². The summed E-state index contributed by atoms with van der Waals surface area (Å²) in [6.07, 6.45) is 1.57. The van der Waals surface area contributed by atoms with Crippen molar-refractivity contribution in [3.05, 3.63) is 0 Å². The van der Waals surface area contributed by atoms with Crippen LogP contribution in [0.2, 0.25) is 0 Å². The number of rotatable bonds is 2. The lowest BCUT2D eigenvalue weighted by molar-refractivity contribution is -0.127. The number of carbonyl (C=O) groups is 1. The maximum atomic E-state index is 11.4. The summed E-state index contributed by atoms with van der Waals surface area (Å²) in [7, 11) is 0. The molecule has 1 aliphatic rings. The second-order valence-corrected chi connectivity index (χ2v) is 3.01. The Kier molecular flexibility index (Phi) is 3.42. The Labute approximate surface area is 76.7 Å². The van der Waals surface area contributed by atoms with Crippen LogP contribution in [0, 0.1) is 34.5 Å². The Morgan fingerprint density at radius 3 is 2.62 bits per heavy atom. The quantitative estimate of drug-likeness (QED) is 0.622. The van der Waals surface area contributed by atoms with Crippen LogP contribution in [-0.2, 0) is 9.53 Å². The molecule has 0 radical (unpaired) electrons. The minimum absolute atomic E-state index is 0.252. The number of hydrogen-bond donors (Lipinski definition) is 0. The molecule has 1 aliphatic heterocycles. The summed E-state index contributed by atoms with van der Waals surface area (Å²) in [5, 5.41) is 17.0. The molecule has 1 atom stereocenters. The molecule has 0 bridgehead atoms. The zero-order chi connectivity index (χ0) is 9.68. The molecule has 0 aliphatic carbocycles. The molecule has 1 unspecified atom stereocenters. The van der Waals surface area contributed by atoms with Gasteiger partial charge >= 0.3 is 0 Å². The van der Waals surface area contributed by atoms with E-state index in [2.05, 4.69) is 0 Å². The molecule has 0 aromatic rings. The van der Waals surface area contributed by atoms with Crippen LogP contribution in [-0.4, -0.2) is 19.0 Å². The molecule has 1 saturated heterocycles. The largest absolute Gasteiger partial charge is 0.381 e. The molecule has 0 amide bonds. The Hall–Kier alpha value is -1.39. The molecular formula is C9H10N2O2. The van der Waals surface area contributed by atoms with Gasteiger partial charge in [-0.15, -0.1) is 0 Å². The monoisotopic (exact) mass is 178 g/mol. The summed E-state index contributed by atoms with van der Waals surface area (Å²) in [6.45, 7) is 1.03. The van der Waals surface area contributed by atoms with E-state index >= 15 is 0 Å². The average Bonchev–Trinajstić information content (AvgIpc) is 2.21. The van der Waals surface area contributed by atoms with E-state index in [9.17, 15) is 4.79 Å². The first-order valence-electron chi connectivity index (χ1n) is 4.20. The van der Waals surface area contributed by atoms with Gasteiger partial charge in [0.25, 0.3) is 0 Å². The van der Waals surface area contributed by atoms with Crippen molar-refractivity contribution in [1.82, 2.24) is 0 Å². The summed E-state index contributed by atoms with van der Waals surface area (Å²) >= 11 is 0. The van der Waals surface area contributed by atoms with Crippen molar-refractivity contribution in [2.24, 2.45) is 11.8 Å². The zero-order valence-electron chi connectivity index (χ0n) is 7.19. The van der Waals surface area contributed by atoms with Crippen molar-refractivity contribution < 1.29 is 9.53 Å². The third kappa shape index (κ3) is 2.27. The number of ether oxygens (including phenoxy) is 1. The van der Waals surface area contributed by atoms with Crippen LogP contribution in [0.25, 0.3) is 0 Å². The van der Waals surface area contributed by atoms with Gasteiger partial charge < -0.3 is 4.74 Å². The standard InChI is InChI=1S/C9H10N2O2/c10-4-8(5-11)9(12)7-2-1-3-13-6-7/h7-8H,1-3,6H2. The molecule has 1 rings (SSSR count). The highest BCUT2D eigenvalue weighted by Gasteiger charge is 2.28. The predicted octanol–water partition coefficient (Wildman–Crippen LogP) is 0.645. The fourth-order valence-electron chi connectivity index (χ4n) is 1.36. The maximum absolute atomic E-state index is 11.4. The van der Waals surface area contributed by atoms with E-state index in [0.29, 0.717) is 13.2 Å². The zero-order valence-corrected chi connectivity index (χ0v) is 7.19. The molecule has 0 spiro atoms. The summed E-state index contributed by atoms with van der Waals surface area (Å²) in [5.41, 5.74) is 0. The SMILES string of the molecule is N#CC(C#N)C(=O)C1CCCOC1. The topological polar surface area (TPSA) is 73.9 Å². The minimum atomic E-state index is -1.12. The molecule has 4 nitrogen and oxygen atoms in total. The van der Waals surface area contributed by atoms with Gasteiger partial charge in [-0.25, -0.2) is 0 Å². The third-order valence-electron chi connectivity index (χ3n) is 2.11. The second kappa shape index (κ2) is 4.59. The summed E-state index contributed by atoms with van der Waals surface area (Å²) < 4.78 is 5.10. The van der Waals surface area contributed by atoms with Crippen molar-refractivity contribution in [1.29, 1.82) is 10.5 Å². The highest BCUT2D eigenvalue weighted by atomic mass is 16.5. The number of ketones is 1. The Morgan fingerprint density at radius 1 is 1.46 bits per heavy atom. The number of nitrogens with zero attached hydrogens (tertiary/aromatic N) is 2. The Morgan fingerprint density at radius 2 is 2.15 bits per heavy atom. The number of nitriles is 2. The lowest BCUT2D eigenvalue weighted by Crippen LogP contribution is -2.29. The molecule has 13 heavy (non-hydrogen) atoms. The van der Waals surface area contributed by atoms with Gasteiger partial charge in [-0.2, -0.15) is 10.5 Å². The molecule has 0 aromatic heterocycles. The van der Waals surface area contributed by atoms with Gasteiger partial charge in [0.15, 0.2) is 11.7 Å². The fraction of sp³-hybridized carbons (Fsp3) is 0.667. The minimum Gasteiger partial charge on any atom is -0.381 e. The first-order chi connectivity index (χ1) is 6.29. The van der Waals surface area contributed by atoms with E-state index in [0.717, 1.165) is 12.8 Å². The van der Waals surface area contributed by atoms with Gasteiger partial charge in [-0.1, -0.05) is 0 Å². The molecule has 68 valence electrons. The number of carbonyl (C=O) groups excluding carboxylic acids is 1. The second-order valence-electron chi connectivity index (χ2n) is 3.01. The molecule has 1 fully saturated rings. The molecule has 0 aromatic carbocycles. The van der Waals surface area contributed by atoms with Crippen LogP contribution in [0.15, 0.2) is 0 Å². The third-order valence-corrected chi connectivity index (χ3v) is 2.11. The predicted molar refractivity (Wildman–Crippen MR) is 43.3 cm³/mol. The average molecular weight is 178 g/mol. The van der Waals surface area contributed by atoms with Gasteiger partial charge in [-0.3, -0.25) is 4.79 Å². The lowest BCUT2D eigenvalue weighted by atomic mass is 9.90. The normalized spacial score (nSPS) is 21.9. The van der Waals surface area contributed by atoms with E-state index in [1.54, 1.807) is 12.1 Å². The van der Waals surface area contributed by atoms with Gasteiger partial charge in [-0.05, 0) is 12.8 Å². The van der Waals surface area contributed by atoms with Crippen molar-refractivity contribution in [2.75, 3.05) is 13.2 Å². The number of hydrogen-bond acceptors (Lipinski definition) is 4. The van der Waals surface area contributed by atoms with E-state index in [-0.39, 0.29) is 11.7 Å². The van der Waals surface area contributed by atoms with Crippen LogP contribution < -0.4 is 0 Å². The smallest absolute Gasteiger partial charge is 0.191 e. The van der Waals surface area contributed by atoms with Crippen molar-refractivity contribution in [3.63, 3.8) is 0 Å². The highest BCUT2D eigenvalue weighted by Crippen LogP contribution is 2.17. The highest BCUT2D eigenvalue weighted by molar-refractivity contribution is 5.88. The summed E-state index contributed by atoms with van der Waals surface area (Å²) in [6, 6.07) is 3.37. The van der Waals surface area contributed by atoms with Gasteiger partial charge in [0.2, 0.25) is 0 Å². The number of Topliss-reactive ketones (excluding diaryl/α,β-unsaturated/α-hetero) is 1. The maximum Gasteiger partial charge on any atom is 0.191 e. The summed E-state index contributed by atoms with van der Waals surface area (Å²) in [4.78, 5) is 11.4. The van der Waals surface area contributed by atoms with Crippen LogP contribution in [0.4, 0.5) is 0 Å². The van der Waals surface area contributed by atoms with Crippen molar-refractivity contribution in [3.8, 4) is 12.1 Å². The van der Waals surface area contributed by atoms with Crippen LogP contribution in [0.5, 0.6) is 0 Å². The Balaban J connectivity index is 2.56. The molecule has 4 heteroatoms. The van der Waals surface area contributed by atoms with E-state index < -0.39 is 5.92 Å². The van der Waals surface area contributed by atoms with Crippen LogP contribution in [0.3, 0.4) is 0 Å². The molecule has 0 saturated carbocycles. The van der Waals surface area contributed by atoms with Gasteiger partial charge in [0.1, 0.15) is 0 Å². The fourth-order valence-corrected chi connectivity index (χ4v) is 1.36. The first kappa shape index (κ1) is 9.70. The van der Waals surface area contributed by atoms with E-state index in [4.69, 9.17) is 15.3 Å². The Bertz CT molecular complexity index is 254. The van der Waals surface area contributed by atoms with E-state index in [1.807, 2.05) is 0 Å². The van der Waals surface area contributed by atoms with Gasteiger partial charge in [0.05, 0.1) is 18.7 Å². The van der Waals surface area contributed by atoms with Crippen molar-refractivity contribution >= 4 is 5.78 Å². The van der Waals surface area contributed by atoms with Gasteiger partial charge in [0, 0.05) is 12.5 Å². The van der Waals surface area contributed by atoms with E-state index in [1.165, 1.54) is 0 Å². The first-order valence-corrected chi connectivity index (χ1v) is 4.20. The molecular weight excluding hydrogens is 168 g/mol.